The van der Waals surface area contributed by atoms with E-state index in [0.29, 0.717) is 24.3 Å². The van der Waals surface area contributed by atoms with Crippen molar-refractivity contribution in [3.8, 4) is 17.6 Å². The molecule has 16 heavy (non-hydrogen) atoms. The van der Waals surface area contributed by atoms with E-state index in [1.807, 2.05) is 0 Å². The van der Waals surface area contributed by atoms with Crippen molar-refractivity contribution in [3.63, 3.8) is 0 Å². The highest BCUT2D eigenvalue weighted by Crippen LogP contribution is 2.20. The van der Waals surface area contributed by atoms with Crippen LogP contribution in [0.25, 0.3) is 0 Å². The second kappa shape index (κ2) is 6.14. The zero-order valence-electron chi connectivity index (χ0n) is 9.59. The minimum Gasteiger partial charge on any atom is -0.492 e. The van der Waals surface area contributed by atoms with E-state index in [2.05, 4.69) is 11.8 Å². The van der Waals surface area contributed by atoms with Crippen LogP contribution in [0.3, 0.4) is 0 Å². The largest absolute Gasteiger partial charge is 0.492 e. The van der Waals surface area contributed by atoms with Crippen LogP contribution in [-0.4, -0.2) is 6.61 Å². The zero-order valence-corrected chi connectivity index (χ0v) is 9.59. The van der Waals surface area contributed by atoms with Gasteiger partial charge in [0.1, 0.15) is 11.6 Å². The van der Waals surface area contributed by atoms with Crippen LogP contribution in [0.2, 0.25) is 0 Å². The molecule has 0 aliphatic carbocycles. The molecule has 0 radical (unpaired) electrons. The number of ether oxygens (including phenoxy) is 1. The Labute approximate surface area is 95.6 Å². The van der Waals surface area contributed by atoms with Crippen LogP contribution >= 0.6 is 0 Å². The summed E-state index contributed by atoms with van der Waals surface area (Å²) in [5, 5.41) is 0. The average Bonchev–Trinajstić information content (AvgIpc) is 2.24. The van der Waals surface area contributed by atoms with Crippen LogP contribution in [-0.2, 0) is 0 Å². The van der Waals surface area contributed by atoms with Crippen molar-refractivity contribution >= 4 is 0 Å². The topological polar surface area (TPSA) is 35.2 Å². The number of halogens is 1. The third kappa shape index (κ3) is 3.56. The quantitative estimate of drug-likeness (QED) is 0.626. The molecule has 2 nitrogen and oxygen atoms in total. The Bertz CT molecular complexity index is 404. The molecule has 0 saturated carbocycles. The molecule has 0 fully saturated rings. The highest BCUT2D eigenvalue weighted by atomic mass is 19.1. The van der Waals surface area contributed by atoms with E-state index in [1.165, 1.54) is 6.07 Å². The number of hydrogen-bond acceptors (Lipinski definition) is 2. The molecule has 3 heteroatoms. The summed E-state index contributed by atoms with van der Waals surface area (Å²) in [5.41, 5.74) is 6.11. The Balaban J connectivity index is 2.61. The van der Waals surface area contributed by atoms with Gasteiger partial charge in [0.05, 0.1) is 6.61 Å². The lowest BCUT2D eigenvalue weighted by molar-refractivity contribution is 0.325. The van der Waals surface area contributed by atoms with Crippen LogP contribution in [0, 0.1) is 17.7 Å². The van der Waals surface area contributed by atoms with Gasteiger partial charge >= 0.3 is 0 Å². The first-order chi connectivity index (χ1) is 7.65. The molecule has 1 aromatic carbocycles. The summed E-state index contributed by atoms with van der Waals surface area (Å²) in [6.45, 7) is 3.99. The molecule has 0 saturated heterocycles. The van der Waals surface area contributed by atoms with Crippen LogP contribution < -0.4 is 10.5 Å². The van der Waals surface area contributed by atoms with Crippen molar-refractivity contribution < 1.29 is 9.13 Å². The SMILES string of the molecule is CC#CCCOc1ccc(C(C)N)c(F)c1. The molecule has 0 heterocycles. The Morgan fingerprint density at radius 1 is 1.50 bits per heavy atom. The van der Waals surface area contributed by atoms with E-state index >= 15 is 0 Å². The minimum absolute atomic E-state index is 0.306. The van der Waals surface area contributed by atoms with Gasteiger partial charge in [-0.25, -0.2) is 4.39 Å². The van der Waals surface area contributed by atoms with Crippen molar-refractivity contribution in [1.29, 1.82) is 0 Å². The third-order valence-corrected chi connectivity index (χ3v) is 2.14. The van der Waals surface area contributed by atoms with Crippen molar-refractivity contribution in [2.45, 2.75) is 26.3 Å². The van der Waals surface area contributed by atoms with Crippen molar-refractivity contribution in [3.05, 3.63) is 29.6 Å². The van der Waals surface area contributed by atoms with Crippen molar-refractivity contribution in [2.75, 3.05) is 6.61 Å². The molecule has 0 spiro atoms. The predicted octanol–water partition coefficient (Wildman–Crippen LogP) is 2.64. The van der Waals surface area contributed by atoms with Gasteiger partial charge in [-0.3, -0.25) is 0 Å². The van der Waals surface area contributed by atoms with Gasteiger partial charge in [0, 0.05) is 24.1 Å². The second-order valence-corrected chi connectivity index (χ2v) is 3.50. The van der Waals surface area contributed by atoms with Crippen molar-refractivity contribution in [1.82, 2.24) is 0 Å². The first kappa shape index (κ1) is 12.5. The van der Waals surface area contributed by atoms with E-state index in [1.54, 1.807) is 26.0 Å². The number of hydrogen-bond donors (Lipinski definition) is 1. The lowest BCUT2D eigenvalue weighted by Gasteiger charge is -2.09. The maximum absolute atomic E-state index is 13.5. The molecular formula is C13H16FNO. The number of benzene rings is 1. The van der Waals surface area contributed by atoms with Gasteiger partial charge in [-0.05, 0) is 19.9 Å². The van der Waals surface area contributed by atoms with Gasteiger partial charge in [0.25, 0.3) is 0 Å². The molecule has 1 unspecified atom stereocenters. The average molecular weight is 221 g/mol. The number of rotatable bonds is 4. The highest BCUT2D eigenvalue weighted by molar-refractivity contribution is 5.30. The fourth-order valence-electron chi connectivity index (χ4n) is 1.31. The monoisotopic (exact) mass is 221 g/mol. The molecule has 0 aromatic heterocycles. The molecule has 0 amide bonds. The molecule has 1 aromatic rings. The summed E-state index contributed by atoms with van der Waals surface area (Å²) in [7, 11) is 0. The maximum Gasteiger partial charge on any atom is 0.131 e. The first-order valence-electron chi connectivity index (χ1n) is 5.22. The third-order valence-electron chi connectivity index (χ3n) is 2.14. The lowest BCUT2D eigenvalue weighted by Crippen LogP contribution is -2.07. The molecule has 0 aliphatic rings. The molecule has 86 valence electrons. The maximum atomic E-state index is 13.5. The van der Waals surface area contributed by atoms with Gasteiger partial charge in [0.15, 0.2) is 0 Å². The van der Waals surface area contributed by atoms with Crippen molar-refractivity contribution in [2.24, 2.45) is 5.73 Å². The Kier molecular flexibility index (Phi) is 4.81. The van der Waals surface area contributed by atoms with Crippen LogP contribution in [0.5, 0.6) is 5.75 Å². The van der Waals surface area contributed by atoms with E-state index in [9.17, 15) is 4.39 Å². The van der Waals surface area contributed by atoms with Gasteiger partial charge in [-0.1, -0.05) is 6.07 Å². The van der Waals surface area contributed by atoms with E-state index in [4.69, 9.17) is 10.5 Å². The summed E-state index contributed by atoms with van der Waals surface area (Å²) >= 11 is 0. The fourth-order valence-corrected chi connectivity index (χ4v) is 1.31. The Morgan fingerprint density at radius 3 is 2.81 bits per heavy atom. The van der Waals surface area contributed by atoms with Gasteiger partial charge in [-0.15, -0.1) is 11.8 Å². The molecule has 2 N–H and O–H groups in total. The standard InChI is InChI=1S/C13H16FNO/c1-3-4-5-8-16-11-6-7-12(10(2)15)13(14)9-11/h6-7,9-10H,5,8,15H2,1-2H3. The summed E-state index contributed by atoms with van der Waals surface area (Å²) in [5.74, 6) is 5.83. The Morgan fingerprint density at radius 2 is 2.25 bits per heavy atom. The smallest absolute Gasteiger partial charge is 0.131 e. The summed E-state index contributed by atoms with van der Waals surface area (Å²) < 4.78 is 18.8. The molecule has 1 rings (SSSR count). The zero-order chi connectivity index (χ0) is 12.0. The highest BCUT2D eigenvalue weighted by Gasteiger charge is 2.07. The Hall–Kier alpha value is -1.53. The fraction of sp³-hybridized carbons (Fsp3) is 0.385. The normalized spacial score (nSPS) is 11.5. The van der Waals surface area contributed by atoms with Crippen LogP contribution in [0.1, 0.15) is 31.9 Å². The van der Waals surface area contributed by atoms with E-state index in [-0.39, 0.29) is 11.9 Å². The van der Waals surface area contributed by atoms with Crippen LogP contribution in [0.4, 0.5) is 4.39 Å². The van der Waals surface area contributed by atoms with Gasteiger partial charge < -0.3 is 10.5 Å². The summed E-state index contributed by atoms with van der Waals surface area (Å²) in [4.78, 5) is 0. The molecule has 0 bridgehead atoms. The van der Waals surface area contributed by atoms with E-state index in [0.717, 1.165) is 0 Å². The molecule has 0 aliphatic heterocycles. The van der Waals surface area contributed by atoms with Gasteiger partial charge in [-0.2, -0.15) is 0 Å². The van der Waals surface area contributed by atoms with Crippen LogP contribution in [0.15, 0.2) is 18.2 Å². The molecular weight excluding hydrogens is 205 g/mol. The lowest BCUT2D eigenvalue weighted by atomic mass is 10.1. The number of nitrogens with two attached hydrogens (primary N) is 1. The summed E-state index contributed by atoms with van der Waals surface area (Å²) in [6, 6.07) is 4.43. The summed E-state index contributed by atoms with van der Waals surface area (Å²) in [6.07, 6.45) is 0.646. The predicted molar refractivity (Wildman–Crippen MR) is 62.6 cm³/mol. The minimum atomic E-state index is -0.325. The van der Waals surface area contributed by atoms with E-state index < -0.39 is 0 Å². The second-order valence-electron chi connectivity index (χ2n) is 3.50. The first-order valence-corrected chi connectivity index (χ1v) is 5.22. The molecule has 1 atom stereocenters. The van der Waals surface area contributed by atoms with Gasteiger partial charge in [0.2, 0.25) is 0 Å².